The molecule has 0 aliphatic heterocycles. The van der Waals surface area contributed by atoms with E-state index in [1.54, 1.807) is 30.6 Å². The van der Waals surface area contributed by atoms with E-state index in [-0.39, 0.29) is 5.56 Å². The van der Waals surface area contributed by atoms with E-state index in [9.17, 15) is 8.78 Å². The Labute approximate surface area is 156 Å². The highest BCUT2D eigenvalue weighted by Gasteiger charge is 2.14. The largest absolute Gasteiger partial charge is 0.339 e. The fourth-order valence-electron chi connectivity index (χ4n) is 2.71. The van der Waals surface area contributed by atoms with Crippen LogP contribution in [0.5, 0.6) is 0 Å². The number of hydrogen-bond acceptors (Lipinski definition) is 4. The van der Waals surface area contributed by atoms with Gasteiger partial charge in [0.2, 0.25) is 0 Å². The maximum atomic E-state index is 12.7. The van der Waals surface area contributed by atoms with Gasteiger partial charge in [-0.1, -0.05) is 24.8 Å². The van der Waals surface area contributed by atoms with E-state index in [1.807, 2.05) is 30.6 Å². The molecule has 0 fully saturated rings. The van der Waals surface area contributed by atoms with Crippen molar-refractivity contribution in [1.29, 1.82) is 0 Å². The van der Waals surface area contributed by atoms with Gasteiger partial charge < -0.3 is 5.32 Å². The summed E-state index contributed by atoms with van der Waals surface area (Å²) < 4.78 is 27.2. The second-order valence-corrected chi connectivity index (χ2v) is 5.78. The zero-order valence-electron chi connectivity index (χ0n) is 15.0. The Kier molecular flexibility index (Phi) is 5.40. The average molecular weight is 367 g/mol. The fraction of sp³-hybridized carbons (Fsp3) is 0.150. The van der Waals surface area contributed by atoms with E-state index in [2.05, 4.69) is 26.8 Å². The SMILES string of the molecule is C=Cc1nc(C)n(-c2cncc(Nc3ccc(C(F)F)cc3)n2)c1/C=C\C. The molecule has 2 heterocycles. The molecular formula is C20H19F2N5. The first-order valence-corrected chi connectivity index (χ1v) is 8.35. The first kappa shape index (κ1) is 18.4. The summed E-state index contributed by atoms with van der Waals surface area (Å²) in [5, 5.41) is 3.08. The van der Waals surface area contributed by atoms with Crippen LogP contribution in [0.2, 0.25) is 0 Å². The van der Waals surface area contributed by atoms with E-state index in [0.717, 1.165) is 17.2 Å². The van der Waals surface area contributed by atoms with Crippen LogP contribution in [0.15, 0.2) is 49.3 Å². The molecule has 3 rings (SSSR count). The second-order valence-electron chi connectivity index (χ2n) is 5.78. The highest BCUT2D eigenvalue weighted by molar-refractivity contribution is 5.62. The van der Waals surface area contributed by atoms with Crippen LogP contribution < -0.4 is 5.32 Å². The zero-order chi connectivity index (χ0) is 19.4. The lowest BCUT2D eigenvalue weighted by atomic mass is 10.2. The van der Waals surface area contributed by atoms with Gasteiger partial charge in [0.05, 0.1) is 23.8 Å². The highest BCUT2D eigenvalue weighted by atomic mass is 19.3. The standard InChI is InChI=1S/C20H19F2N5/c1-4-6-17-16(5-2)24-13(3)27(17)19-12-23-11-18(26-19)25-15-9-7-14(8-10-15)20(21)22/h4-12,20H,2H2,1,3H3,(H,25,26)/b6-4-. The summed E-state index contributed by atoms with van der Waals surface area (Å²) in [6.07, 6.45) is 6.26. The molecule has 0 atom stereocenters. The van der Waals surface area contributed by atoms with Crippen molar-refractivity contribution in [2.24, 2.45) is 0 Å². The average Bonchev–Trinajstić information content (AvgIpc) is 2.98. The predicted molar refractivity (Wildman–Crippen MR) is 103 cm³/mol. The number of anilines is 2. The molecule has 0 radical (unpaired) electrons. The summed E-state index contributed by atoms with van der Waals surface area (Å²) in [6, 6.07) is 5.92. The van der Waals surface area contributed by atoms with Gasteiger partial charge in [-0.05, 0) is 38.1 Å². The molecule has 0 spiro atoms. The lowest BCUT2D eigenvalue weighted by Gasteiger charge is -2.10. The van der Waals surface area contributed by atoms with Gasteiger partial charge in [0.1, 0.15) is 5.82 Å². The van der Waals surface area contributed by atoms with Gasteiger partial charge in [0.25, 0.3) is 6.43 Å². The molecule has 0 amide bonds. The van der Waals surface area contributed by atoms with Gasteiger partial charge in [-0.15, -0.1) is 0 Å². The van der Waals surface area contributed by atoms with Crippen molar-refractivity contribution in [2.45, 2.75) is 20.3 Å². The van der Waals surface area contributed by atoms with Gasteiger partial charge in [0.15, 0.2) is 11.6 Å². The van der Waals surface area contributed by atoms with Crippen LogP contribution in [-0.4, -0.2) is 19.5 Å². The minimum atomic E-state index is -2.49. The molecule has 0 unspecified atom stereocenters. The quantitative estimate of drug-likeness (QED) is 0.640. The molecule has 0 saturated heterocycles. The number of benzene rings is 1. The first-order valence-electron chi connectivity index (χ1n) is 8.35. The molecule has 138 valence electrons. The Hall–Kier alpha value is -3.35. The molecule has 0 bridgehead atoms. The van der Waals surface area contributed by atoms with Crippen LogP contribution in [0.3, 0.4) is 0 Å². The molecule has 27 heavy (non-hydrogen) atoms. The molecule has 2 aromatic heterocycles. The minimum Gasteiger partial charge on any atom is -0.339 e. The number of halogens is 2. The Morgan fingerprint density at radius 3 is 2.52 bits per heavy atom. The van der Waals surface area contributed by atoms with Crippen molar-refractivity contribution in [2.75, 3.05) is 5.32 Å². The maximum Gasteiger partial charge on any atom is 0.263 e. The number of nitrogens with one attached hydrogen (secondary N) is 1. The molecule has 0 saturated carbocycles. The number of hydrogen-bond donors (Lipinski definition) is 1. The number of alkyl halides is 2. The fourth-order valence-corrected chi connectivity index (χ4v) is 2.71. The Morgan fingerprint density at radius 1 is 1.15 bits per heavy atom. The molecule has 3 aromatic rings. The lowest BCUT2D eigenvalue weighted by Crippen LogP contribution is -2.05. The Bertz CT molecular complexity index is 975. The van der Waals surface area contributed by atoms with E-state index in [0.29, 0.717) is 17.3 Å². The summed E-state index contributed by atoms with van der Waals surface area (Å²) in [4.78, 5) is 13.3. The number of imidazole rings is 1. The van der Waals surface area contributed by atoms with E-state index < -0.39 is 6.43 Å². The van der Waals surface area contributed by atoms with E-state index >= 15 is 0 Å². The third kappa shape index (κ3) is 3.92. The van der Waals surface area contributed by atoms with Gasteiger partial charge in [-0.3, -0.25) is 9.55 Å². The zero-order valence-corrected chi connectivity index (χ0v) is 15.0. The molecule has 0 aliphatic carbocycles. The minimum absolute atomic E-state index is 0.0256. The molecule has 1 aromatic carbocycles. The summed E-state index contributed by atoms with van der Waals surface area (Å²) >= 11 is 0. The molecule has 5 nitrogen and oxygen atoms in total. The number of aryl methyl sites for hydroxylation is 1. The smallest absolute Gasteiger partial charge is 0.263 e. The van der Waals surface area contributed by atoms with Crippen LogP contribution in [0.1, 0.15) is 36.1 Å². The topological polar surface area (TPSA) is 55.6 Å². The van der Waals surface area contributed by atoms with Crippen LogP contribution >= 0.6 is 0 Å². The number of allylic oxidation sites excluding steroid dienone is 1. The predicted octanol–water partition coefficient (Wildman–Crippen LogP) is 5.33. The third-order valence-corrected chi connectivity index (χ3v) is 3.91. The van der Waals surface area contributed by atoms with Crippen molar-refractivity contribution < 1.29 is 8.78 Å². The summed E-state index contributed by atoms with van der Waals surface area (Å²) in [6.45, 7) is 7.61. The van der Waals surface area contributed by atoms with Crippen molar-refractivity contribution >= 4 is 23.7 Å². The summed E-state index contributed by atoms with van der Waals surface area (Å²) in [7, 11) is 0. The van der Waals surface area contributed by atoms with E-state index in [1.165, 1.54) is 12.1 Å². The molecule has 0 aliphatic rings. The van der Waals surface area contributed by atoms with Crippen molar-refractivity contribution in [3.8, 4) is 5.82 Å². The van der Waals surface area contributed by atoms with Crippen LogP contribution in [0, 0.1) is 6.92 Å². The Morgan fingerprint density at radius 2 is 1.89 bits per heavy atom. The van der Waals surface area contributed by atoms with Gasteiger partial charge in [-0.25, -0.2) is 18.7 Å². The van der Waals surface area contributed by atoms with Gasteiger partial charge >= 0.3 is 0 Å². The molecular weight excluding hydrogens is 348 g/mol. The van der Waals surface area contributed by atoms with Crippen LogP contribution in [0.25, 0.3) is 18.0 Å². The maximum absolute atomic E-state index is 12.7. The molecule has 7 heteroatoms. The highest BCUT2D eigenvalue weighted by Crippen LogP contribution is 2.23. The lowest BCUT2D eigenvalue weighted by molar-refractivity contribution is 0.151. The van der Waals surface area contributed by atoms with Crippen LogP contribution in [-0.2, 0) is 0 Å². The molecule has 1 N–H and O–H groups in total. The number of rotatable bonds is 6. The summed E-state index contributed by atoms with van der Waals surface area (Å²) in [5.74, 6) is 1.85. The summed E-state index contributed by atoms with van der Waals surface area (Å²) in [5.41, 5.74) is 2.24. The first-order chi connectivity index (χ1) is 13.0. The van der Waals surface area contributed by atoms with Crippen LogP contribution in [0.4, 0.5) is 20.3 Å². The normalized spacial score (nSPS) is 11.3. The van der Waals surface area contributed by atoms with Crippen molar-refractivity contribution in [3.05, 3.63) is 72.1 Å². The monoisotopic (exact) mass is 367 g/mol. The second kappa shape index (κ2) is 7.90. The van der Waals surface area contributed by atoms with Crippen molar-refractivity contribution in [1.82, 2.24) is 19.5 Å². The Balaban J connectivity index is 1.95. The number of aromatic nitrogens is 4. The van der Waals surface area contributed by atoms with Gasteiger partial charge in [0, 0.05) is 11.3 Å². The third-order valence-electron chi connectivity index (χ3n) is 3.91. The van der Waals surface area contributed by atoms with E-state index in [4.69, 9.17) is 0 Å². The van der Waals surface area contributed by atoms with Gasteiger partial charge in [-0.2, -0.15) is 0 Å². The van der Waals surface area contributed by atoms with Crippen molar-refractivity contribution in [3.63, 3.8) is 0 Å². The number of nitrogens with zero attached hydrogens (tertiary/aromatic N) is 4.